The molecule has 2 nitrogen and oxygen atoms in total. The Kier molecular flexibility index (Phi) is 7.30. The Hall–Kier alpha value is -0.530. The standard InChI is InChI=1S/C15H27O2/c1-3-4-7-12-15(16)17-13(2)14-10-8-5-6-9-11-14/h12-14H,3-11H2,1-2H3. The normalized spacial score (nSPS) is 19.6. The first kappa shape index (κ1) is 14.5. The highest BCUT2D eigenvalue weighted by Crippen LogP contribution is 2.27. The van der Waals surface area contributed by atoms with Crippen molar-refractivity contribution in [3.63, 3.8) is 0 Å². The molecule has 0 amide bonds. The van der Waals surface area contributed by atoms with Crippen LogP contribution >= 0.6 is 0 Å². The summed E-state index contributed by atoms with van der Waals surface area (Å²) in [6, 6.07) is 0. The van der Waals surface area contributed by atoms with Crippen LogP contribution in [0.2, 0.25) is 0 Å². The lowest BCUT2D eigenvalue weighted by atomic mass is 9.95. The smallest absolute Gasteiger partial charge is 0.310 e. The van der Waals surface area contributed by atoms with Crippen molar-refractivity contribution in [3.8, 4) is 0 Å². The van der Waals surface area contributed by atoms with Crippen molar-refractivity contribution in [2.75, 3.05) is 0 Å². The van der Waals surface area contributed by atoms with Gasteiger partial charge in [-0.15, -0.1) is 0 Å². The van der Waals surface area contributed by atoms with Crippen LogP contribution in [0, 0.1) is 12.3 Å². The van der Waals surface area contributed by atoms with Gasteiger partial charge in [-0.25, -0.2) is 0 Å². The average Bonchev–Trinajstić information content (AvgIpc) is 2.57. The minimum absolute atomic E-state index is 0.0958. The molecule has 0 aromatic heterocycles. The van der Waals surface area contributed by atoms with Crippen molar-refractivity contribution in [2.45, 2.75) is 77.7 Å². The SMILES string of the molecule is CCCC[CH]C(=O)OC(C)C1CCCCCC1. The third kappa shape index (κ3) is 6.09. The number of rotatable bonds is 6. The molecule has 0 aromatic rings. The van der Waals surface area contributed by atoms with Gasteiger partial charge in [-0.1, -0.05) is 45.4 Å². The predicted molar refractivity (Wildman–Crippen MR) is 70.6 cm³/mol. The van der Waals surface area contributed by atoms with Crippen LogP contribution in [0.15, 0.2) is 0 Å². The van der Waals surface area contributed by atoms with Crippen molar-refractivity contribution in [1.82, 2.24) is 0 Å². The lowest BCUT2D eigenvalue weighted by Gasteiger charge is -2.22. The summed E-state index contributed by atoms with van der Waals surface area (Å²) in [5, 5.41) is 0. The van der Waals surface area contributed by atoms with Gasteiger partial charge in [0.15, 0.2) is 0 Å². The number of carbonyl (C=O) groups is 1. The van der Waals surface area contributed by atoms with Gasteiger partial charge < -0.3 is 4.74 Å². The zero-order chi connectivity index (χ0) is 12.5. The van der Waals surface area contributed by atoms with E-state index in [-0.39, 0.29) is 12.1 Å². The van der Waals surface area contributed by atoms with E-state index in [0.717, 1.165) is 19.3 Å². The number of hydrogen-bond acceptors (Lipinski definition) is 2. The highest BCUT2D eigenvalue weighted by molar-refractivity contribution is 5.78. The summed E-state index contributed by atoms with van der Waals surface area (Å²) in [6.45, 7) is 4.19. The monoisotopic (exact) mass is 239 g/mol. The third-order valence-electron chi connectivity index (χ3n) is 3.73. The number of esters is 1. The quantitative estimate of drug-likeness (QED) is 0.393. The molecule has 0 aromatic carbocycles. The van der Waals surface area contributed by atoms with E-state index in [2.05, 4.69) is 13.8 Å². The fraction of sp³-hybridized carbons (Fsp3) is 0.867. The molecule has 1 rings (SSSR count). The molecule has 1 aliphatic rings. The second-order valence-electron chi connectivity index (χ2n) is 5.24. The van der Waals surface area contributed by atoms with Crippen LogP contribution < -0.4 is 0 Å². The van der Waals surface area contributed by atoms with E-state index in [1.54, 1.807) is 6.42 Å². The van der Waals surface area contributed by atoms with Crippen LogP contribution in [0.5, 0.6) is 0 Å². The van der Waals surface area contributed by atoms with E-state index in [0.29, 0.717) is 5.92 Å². The third-order valence-corrected chi connectivity index (χ3v) is 3.73. The average molecular weight is 239 g/mol. The van der Waals surface area contributed by atoms with Crippen LogP contribution in [-0.2, 0) is 9.53 Å². The van der Waals surface area contributed by atoms with Gasteiger partial charge in [-0.05, 0) is 32.1 Å². The van der Waals surface area contributed by atoms with Crippen LogP contribution in [0.25, 0.3) is 0 Å². The second-order valence-corrected chi connectivity index (χ2v) is 5.24. The molecule has 1 saturated carbocycles. The van der Waals surface area contributed by atoms with Crippen molar-refractivity contribution in [1.29, 1.82) is 0 Å². The first-order valence-electron chi connectivity index (χ1n) is 7.28. The molecule has 0 heterocycles. The summed E-state index contributed by atoms with van der Waals surface area (Å²) >= 11 is 0. The lowest BCUT2D eigenvalue weighted by Crippen LogP contribution is -2.24. The van der Waals surface area contributed by atoms with Gasteiger partial charge in [0.1, 0.15) is 6.10 Å². The molecule has 0 aliphatic heterocycles. The Morgan fingerprint density at radius 2 is 1.94 bits per heavy atom. The van der Waals surface area contributed by atoms with Crippen LogP contribution in [0.4, 0.5) is 0 Å². The maximum Gasteiger partial charge on any atom is 0.310 e. The fourth-order valence-electron chi connectivity index (χ4n) is 2.53. The van der Waals surface area contributed by atoms with E-state index in [1.807, 2.05) is 0 Å². The predicted octanol–water partition coefficient (Wildman–Crippen LogP) is 4.28. The Balaban J connectivity index is 2.21. The van der Waals surface area contributed by atoms with E-state index in [4.69, 9.17) is 4.74 Å². The minimum Gasteiger partial charge on any atom is -0.462 e. The Morgan fingerprint density at radius 1 is 1.29 bits per heavy atom. The topological polar surface area (TPSA) is 26.3 Å². The molecule has 0 saturated heterocycles. The minimum atomic E-state index is -0.116. The summed E-state index contributed by atoms with van der Waals surface area (Å²) in [6.07, 6.45) is 12.6. The van der Waals surface area contributed by atoms with Gasteiger partial charge in [-0.2, -0.15) is 0 Å². The maximum atomic E-state index is 11.6. The molecule has 2 heteroatoms. The fourth-order valence-corrected chi connectivity index (χ4v) is 2.53. The summed E-state index contributed by atoms with van der Waals surface area (Å²) in [4.78, 5) is 11.6. The molecule has 17 heavy (non-hydrogen) atoms. The van der Waals surface area contributed by atoms with Crippen LogP contribution in [0.1, 0.15) is 71.6 Å². The Bertz CT molecular complexity index is 205. The van der Waals surface area contributed by atoms with Crippen molar-refractivity contribution in [3.05, 3.63) is 6.42 Å². The number of unbranched alkanes of at least 4 members (excludes halogenated alkanes) is 2. The molecule has 99 valence electrons. The number of carbonyl (C=O) groups excluding carboxylic acids is 1. The second kappa shape index (κ2) is 8.54. The number of ether oxygens (including phenoxy) is 1. The molecule has 1 unspecified atom stereocenters. The number of hydrogen-bond donors (Lipinski definition) is 0. The van der Waals surface area contributed by atoms with E-state index < -0.39 is 0 Å². The Labute approximate surface area is 106 Å². The molecular weight excluding hydrogens is 212 g/mol. The van der Waals surface area contributed by atoms with Gasteiger partial charge in [0.25, 0.3) is 0 Å². The van der Waals surface area contributed by atoms with Crippen molar-refractivity contribution in [2.24, 2.45) is 5.92 Å². The molecular formula is C15H27O2. The molecule has 1 atom stereocenters. The van der Waals surface area contributed by atoms with E-state index >= 15 is 0 Å². The van der Waals surface area contributed by atoms with Crippen LogP contribution in [-0.4, -0.2) is 12.1 Å². The first-order valence-corrected chi connectivity index (χ1v) is 7.28. The van der Waals surface area contributed by atoms with Gasteiger partial charge in [0.2, 0.25) is 0 Å². The molecule has 1 radical (unpaired) electrons. The van der Waals surface area contributed by atoms with Gasteiger partial charge in [-0.3, -0.25) is 4.79 Å². The lowest BCUT2D eigenvalue weighted by molar-refractivity contribution is -0.146. The molecule has 1 fully saturated rings. The van der Waals surface area contributed by atoms with E-state index in [9.17, 15) is 4.79 Å². The van der Waals surface area contributed by atoms with Gasteiger partial charge in [0, 0.05) is 0 Å². The summed E-state index contributed by atoms with van der Waals surface area (Å²) < 4.78 is 5.50. The highest BCUT2D eigenvalue weighted by Gasteiger charge is 2.21. The van der Waals surface area contributed by atoms with Crippen LogP contribution in [0.3, 0.4) is 0 Å². The Morgan fingerprint density at radius 3 is 2.53 bits per heavy atom. The van der Waals surface area contributed by atoms with Crippen molar-refractivity contribution < 1.29 is 9.53 Å². The molecule has 0 bridgehead atoms. The highest BCUT2D eigenvalue weighted by atomic mass is 16.5. The maximum absolute atomic E-state index is 11.6. The van der Waals surface area contributed by atoms with Gasteiger partial charge >= 0.3 is 5.97 Å². The molecule has 0 N–H and O–H groups in total. The van der Waals surface area contributed by atoms with Gasteiger partial charge in [0.05, 0.1) is 6.42 Å². The summed E-state index contributed by atoms with van der Waals surface area (Å²) in [7, 11) is 0. The summed E-state index contributed by atoms with van der Waals surface area (Å²) in [5.41, 5.74) is 0. The zero-order valence-electron chi connectivity index (χ0n) is 11.4. The van der Waals surface area contributed by atoms with E-state index in [1.165, 1.54) is 38.5 Å². The van der Waals surface area contributed by atoms with Crippen molar-refractivity contribution >= 4 is 5.97 Å². The largest absolute Gasteiger partial charge is 0.462 e. The molecule has 0 spiro atoms. The first-order chi connectivity index (χ1) is 8.24. The summed E-state index contributed by atoms with van der Waals surface area (Å²) in [5.74, 6) is 0.469. The zero-order valence-corrected chi connectivity index (χ0v) is 11.4. The molecule has 1 aliphatic carbocycles.